The second kappa shape index (κ2) is 36.5. The Morgan fingerprint density at radius 1 is 0.534 bits per heavy atom. The van der Waals surface area contributed by atoms with E-state index in [9.17, 15) is 44.7 Å². The maximum atomic E-state index is 12.2. The third-order valence-electron chi connectivity index (χ3n) is 19.7. The number of β-amino-alcohol motifs (C(OH)–C–C–N with tert-alkyl or cyclic N) is 1. The maximum absolute atomic E-state index is 12.2. The number of rotatable bonds is 19. The molecule has 3 aromatic carbocycles. The van der Waals surface area contributed by atoms with Gasteiger partial charge in [0.2, 0.25) is 5.95 Å². The Morgan fingerprint density at radius 2 is 0.958 bits per heavy atom. The van der Waals surface area contributed by atoms with Crippen molar-refractivity contribution in [2.45, 2.75) is 125 Å². The molecule has 1 atom stereocenters. The second-order valence-electron chi connectivity index (χ2n) is 30.2. The predicted molar refractivity (Wildman–Crippen MR) is 452 cm³/mol. The van der Waals surface area contributed by atoms with Crippen molar-refractivity contribution >= 4 is 128 Å². The Bertz CT molecular complexity index is 5630. The van der Waals surface area contributed by atoms with Gasteiger partial charge in [0, 0.05) is 148 Å². The monoisotopic (exact) mass is 1660 g/mol. The average molecular weight is 1660 g/mol. The van der Waals surface area contributed by atoms with E-state index in [1.807, 2.05) is 92.7 Å². The quantitative estimate of drug-likeness (QED) is 0.0358. The number of carbonyl (C=O) groups excluding carboxylic acids is 5. The van der Waals surface area contributed by atoms with Crippen molar-refractivity contribution in [3.63, 3.8) is 0 Å². The lowest BCUT2D eigenvalue weighted by Crippen LogP contribution is -2.60. The number of carboxylic acids is 1. The standard InChI is InChI=1S/C28H32N8O4S.C27H31N7O2S.C25H28N8O3S.CO2/c1-5-29-25(39)35-26-34-20-11-16(17-13-30-23(31-14-17)27(2,3)40)10-18(22(20)41-26)19-12-21(33-15-32-19)36-8-6-28(4,7-9-36)24(37)38;1-4-28-26(36)33-27-32-23-13-19(20-14-30-25(31-15-20)34-9-6-16(2)7-10-34)11-21(24(23)37-27)22-12-18(17(3)35)5-8-29-22;1-5-26-22(34)32-23-30-17-9-14(15-10-28-21(29-11-15)24(2,3)35)8-16(19(17)37-23)20-27-7-6-18(31-20)33-12-25(4,36)13-33;2-1-3/h10-15,40H,5-9H2,1-4H3,(H,37,38)(H2,29,34,35,39);5,8,11-17,35H,4,6-7,9-10H2,1-3H3,(H2,28,32,33,36);6-11,35-36H,5,12-13H2,1-4H3,(H2,26,30,32,34);. The molecule has 6 amide bonds. The summed E-state index contributed by atoms with van der Waals surface area (Å²) in [4.78, 5) is 134. The number of aromatic nitrogens is 14. The van der Waals surface area contributed by atoms with Crippen LogP contribution in [0.3, 0.4) is 0 Å². The number of piperidine rings is 2. The number of nitrogens with zero attached hydrogens (tertiary/aromatic N) is 17. The highest BCUT2D eigenvalue weighted by molar-refractivity contribution is 7.23. The van der Waals surface area contributed by atoms with Crippen molar-refractivity contribution in [1.82, 2.24) is 85.7 Å². The van der Waals surface area contributed by atoms with Crippen molar-refractivity contribution < 1.29 is 54.3 Å². The molecule has 0 spiro atoms. The van der Waals surface area contributed by atoms with Gasteiger partial charge in [-0.15, -0.1) is 0 Å². The van der Waals surface area contributed by atoms with E-state index in [2.05, 4.69) is 113 Å². The number of benzene rings is 3. The normalized spacial score (nSPS) is 14.7. The lowest BCUT2D eigenvalue weighted by atomic mass is 9.80. The Labute approximate surface area is 690 Å². The Balaban J connectivity index is 0.000000160. The van der Waals surface area contributed by atoms with E-state index < -0.39 is 34.3 Å². The molecule has 3 aliphatic heterocycles. The third kappa shape index (κ3) is 20.6. The zero-order chi connectivity index (χ0) is 84.4. The molecule has 12 heterocycles. The topological polar surface area (TPSA) is 466 Å². The molecular weight excluding hydrogens is 1570 g/mol. The van der Waals surface area contributed by atoms with Gasteiger partial charge in [-0.2, -0.15) is 9.59 Å². The largest absolute Gasteiger partial charge is 0.481 e. The number of pyridine rings is 1. The molecule has 15 rings (SSSR count). The number of nitrogens with one attached hydrogen (secondary N) is 6. The van der Waals surface area contributed by atoms with Crippen LogP contribution in [0.2, 0.25) is 0 Å². The second-order valence-corrected chi connectivity index (χ2v) is 33.2. The van der Waals surface area contributed by atoms with Crippen LogP contribution in [0.25, 0.3) is 97.9 Å². The molecule has 37 heteroatoms. The van der Waals surface area contributed by atoms with E-state index in [0.29, 0.717) is 114 Å². The van der Waals surface area contributed by atoms with E-state index in [-0.39, 0.29) is 24.2 Å². The molecule has 1 unspecified atom stereocenters. The zero-order valence-corrected chi connectivity index (χ0v) is 69.3. The van der Waals surface area contributed by atoms with Crippen LogP contribution in [0, 0.1) is 11.3 Å². The fourth-order valence-corrected chi connectivity index (χ4v) is 16.1. The minimum Gasteiger partial charge on any atom is -0.481 e. The van der Waals surface area contributed by atoms with Gasteiger partial charge in [0.05, 0.1) is 59.2 Å². The molecule has 12 aromatic rings. The van der Waals surface area contributed by atoms with Crippen LogP contribution in [0.1, 0.15) is 125 Å². The molecule has 0 saturated carbocycles. The molecule has 9 aromatic heterocycles. The van der Waals surface area contributed by atoms with Crippen molar-refractivity contribution in [1.29, 1.82) is 0 Å². The molecule has 3 saturated heterocycles. The van der Waals surface area contributed by atoms with Crippen molar-refractivity contribution in [2.24, 2.45) is 11.3 Å². The first-order chi connectivity index (χ1) is 56.3. The van der Waals surface area contributed by atoms with Gasteiger partial charge < -0.3 is 56.2 Å². The molecule has 34 nitrogen and oxygen atoms in total. The van der Waals surface area contributed by atoms with Gasteiger partial charge in [-0.3, -0.25) is 25.7 Å². The van der Waals surface area contributed by atoms with Gasteiger partial charge in [0.25, 0.3) is 0 Å². The first kappa shape index (κ1) is 85.2. The first-order valence-electron chi connectivity index (χ1n) is 38.2. The molecule has 11 N–H and O–H groups in total. The number of urea groups is 3. The Morgan fingerprint density at radius 3 is 1.38 bits per heavy atom. The lowest BCUT2D eigenvalue weighted by molar-refractivity contribution is -0.191. The molecule has 0 radical (unpaired) electrons. The van der Waals surface area contributed by atoms with E-state index in [1.165, 1.54) is 40.3 Å². The number of carbonyl (C=O) groups is 4. The average Bonchev–Trinajstić information content (AvgIpc) is 1.53. The van der Waals surface area contributed by atoms with Crippen molar-refractivity contribution in [3.8, 4) is 67.3 Å². The van der Waals surface area contributed by atoms with Crippen LogP contribution < -0.4 is 46.6 Å². The fraction of sp³-hybridized carbons (Fsp3) is 0.370. The van der Waals surface area contributed by atoms with Crippen LogP contribution in [0.5, 0.6) is 0 Å². The summed E-state index contributed by atoms with van der Waals surface area (Å²) in [5, 5.41) is 68.3. The zero-order valence-electron chi connectivity index (χ0n) is 66.8. The van der Waals surface area contributed by atoms with Crippen LogP contribution >= 0.6 is 34.0 Å². The SMILES string of the molecule is CCNC(=O)Nc1nc2cc(-c3cnc(C(C)(C)O)nc3)cc(-c3cc(N4CCC(C)(C(=O)O)CC4)ncn3)c2s1.CCNC(=O)Nc1nc2cc(-c3cnc(C(C)(C)O)nc3)cc(-c3nccc(N4CC(C)(O)C4)n3)c2s1.CCNC(=O)Nc1nc2cc(-c3cnc(N4CCC(C)CC4)nc3)cc(-c3cc(C(C)O)ccn3)c2s1.O=C=O. The number of anilines is 6. The van der Waals surface area contributed by atoms with Gasteiger partial charge in [0.15, 0.2) is 32.9 Å². The van der Waals surface area contributed by atoms with Crippen LogP contribution in [0.15, 0.2) is 117 Å². The number of fused-ring (bicyclic) bond motifs is 3. The van der Waals surface area contributed by atoms with E-state index in [4.69, 9.17) is 14.6 Å². The van der Waals surface area contributed by atoms with Crippen LogP contribution in [-0.2, 0) is 25.6 Å². The minimum absolute atomic E-state index is 0.250. The van der Waals surface area contributed by atoms with Gasteiger partial charge in [-0.1, -0.05) is 40.9 Å². The first-order valence-corrected chi connectivity index (χ1v) is 40.7. The summed E-state index contributed by atoms with van der Waals surface area (Å²) in [7, 11) is 0. The number of aliphatic hydroxyl groups excluding tert-OH is 1. The highest BCUT2D eigenvalue weighted by Gasteiger charge is 2.39. The van der Waals surface area contributed by atoms with E-state index in [1.54, 1.807) is 91.7 Å². The molecule has 614 valence electrons. The van der Waals surface area contributed by atoms with Gasteiger partial charge in [-0.25, -0.2) is 79.2 Å². The fourth-order valence-electron chi connectivity index (χ4n) is 13.2. The lowest BCUT2D eigenvalue weighted by Gasteiger charge is -2.44. The van der Waals surface area contributed by atoms with Gasteiger partial charge in [-0.05, 0) is 178 Å². The predicted octanol–water partition coefficient (Wildman–Crippen LogP) is 12.1. The number of amides is 6. The maximum Gasteiger partial charge on any atom is 0.373 e. The van der Waals surface area contributed by atoms with E-state index >= 15 is 0 Å². The highest BCUT2D eigenvalue weighted by Crippen LogP contribution is 2.44. The molecule has 0 bridgehead atoms. The third-order valence-corrected chi connectivity index (χ3v) is 22.8. The van der Waals surface area contributed by atoms with E-state index in [0.717, 1.165) is 125 Å². The molecule has 3 fully saturated rings. The molecular formula is C81H91N23O11S3. The number of aliphatic carboxylic acids is 1. The van der Waals surface area contributed by atoms with Crippen molar-refractivity contribution in [3.05, 3.63) is 134 Å². The minimum atomic E-state index is -1.17. The summed E-state index contributed by atoms with van der Waals surface area (Å²) in [6.45, 7) is 25.2. The Kier molecular flexibility index (Phi) is 26.4. The Hall–Kier alpha value is -12.2. The summed E-state index contributed by atoms with van der Waals surface area (Å²) in [6.07, 6.45) is 18.2. The van der Waals surface area contributed by atoms with Crippen LogP contribution in [0.4, 0.5) is 47.4 Å². The van der Waals surface area contributed by atoms with Gasteiger partial charge in [0.1, 0.15) is 29.2 Å². The summed E-state index contributed by atoms with van der Waals surface area (Å²) < 4.78 is 2.54. The number of carboxylic acid groups (broad SMARTS) is 1. The highest BCUT2D eigenvalue weighted by atomic mass is 32.1. The summed E-state index contributed by atoms with van der Waals surface area (Å²) in [5.74, 6) is 3.28. The summed E-state index contributed by atoms with van der Waals surface area (Å²) >= 11 is 4.06. The number of thiazole rings is 3. The molecule has 3 aliphatic rings. The number of hydrogen-bond acceptors (Lipinski definition) is 30. The molecule has 0 aliphatic carbocycles. The smallest absolute Gasteiger partial charge is 0.373 e. The summed E-state index contributed by atoms with van der Waals surface area (Å²) in [5.41, 5.74) is 7.65. The number of aliphatic hydroxyl groups is 4. The van der Waals surface area contributed by atoms with Crippen molar-refractivity contribution in [2.75, 3.05) is 89.6 Å². The molecule has 118 heavy (non-hydrogen) atoms. The van der Waals surface area contributed by atoms with Crippen LogP contribution in [-0.4, -0.2) is 190 Å². The summed E-state index contributed by atoms with van der Waals surface area (Å²) in [6, 6.07) is 18.2. The van der Waals surface area contributed by atoms with Gasteiger partial charge >= 0.3 is 30.2 Å². The number of hydrogen-bond donors (Lipinski definition) is 11.